The first-order valence-electron chi connectivity index (χ1n) is 11.4. The van der Waals surface area contributed by atoms with Gasteiger partial charge in [0.25, 0.3) is 5.91 Å². The molecule has 2 aliphatic heterocycles. The molecule has 4 heterocycles. The second kappa shape index (κ2) is 11.1. The second-order valence-electron chi connectivity index (χ2n) is 8.68. The number of alkyl halides is 3. The van der Waals surface area contributed by atoms with E-state index < -0.39 is 36.4 Å². The van der Waals surface area contributed by atoms with Crippen LogP contribution in [-0.4, -0.2) is 71.9 Å². The lowest BCUT2D eigenvalue weighted by Crippen LogP contribution is -2.50. The Bertz CT molecular complexity index is 1010. The van der Waals surface area contributed by atoms with Crippen LogP contribution in [0.4, 0.5) is 27.1 Å². The molecule has 2 aromatic rings. The van der Waals surface area contributed by atoms with Gasteiger partial charge >= 0.3 is 6.18 Å². The number of halogens is 5. The van der Waals surface area contributed by atoms with E-state index >= 15 is 0 Å². The number of rotatable bonds is 7. The molecule has 2 fully saturated rings. The number of aromatic nitrogens is 2. The Morgan fingerprint density at radius 2 is 1.91 bits per heavy atom. The van der Waals surface area contributed by atoms with Gasteiger partial charge in [0.2, 0.25) is 0 Å². The minimum absolute atomic E-state index is 0.0599. The lowest BCUT2D eigenvalue weighted by atomic mass is 9.99. The number of pyridine rings is 1. The predicted octanol–water partition coefficient (Wildman–Crippen LogP) is 3.76. The highest BCUT2D eigenvalue weighted by atomic mass is 32.1. The molecule has 1 amide bonds. The van der Waals surface area contributed by atoms with E-state index in [0.717, 1.165) is 32.0 Å². The highest BCUT2D eigenvalue weighted by Gasteiger charge is 2.33. The number of thiazole rings is 1. The Labute approximate surface area is 203 Å². The summed E-state index contributed by atoms with van der Waals surface area (Å²) < 4.78 is 69.1. The molecule has 0 bridgehead atoms. The van der Waals surface area contributed by atoms with Crippen LogP contribution in [0.5, 0.6) is 0 Å². The van der Waals surface area contributed by atoms with E-state index in [4.69, 9.17) is 4.74 Å². The zero-order chi connectivity index (χ0) is 25.0. The summed E-state index contributed by atoms with van der Waals surface area (Å²) in [4.78, 5) is 25.1. The van der Waals surface area contributed by atoms with Crippen molar-refractivity contribution in [2.24, 2.45) is 0 Å². The molecule has 35 heavy (non-hydrogen) atoms. The Balaban J connectivity index is 1.25. The average Bonchev–Trinajstić information content (AvgIpc) is 3.32. The molecule has 0 radical (unpaired) electrons. The molecule has 4 rings (SSSR count). The molecule has 2 aromatic heterocycles. The summed E-state index contributed by atoms with van der Waals surface area (Å²) in [6.45, 7) is 1.41. The van der Waals surface area contributed by atoms with Crippen molar-refractivity contribution in [2.75, 3.05) is 37.7 Å². The zero-order valence-electron chi connectivity index (χ0n) is 18.9. The standard InChI is InChI=1S/C22H26F5N5O2S/c23-14-8-17(24)18(28-9-14)10-29-20(33)19-11-30-21(35-19)31-6-3-15(4-7-31)32-5-1-2-16(12-32)34-13-22(25,26)27/h8-9,11,15-16H,1-7,10,12-13H2,(H,29,33). The monoisotopic (exact) mass is 519 g/mol. The highest BCUT2D eigenvalue weighted by molar-refractivity contribution is 7.17. The molecule has 1 N–H and O–H groups in total. The Hall–Kier alpha value is -2.38. The van der Waals surface area contributed by atoms with Crippen LogP contribution in [0.15, 0.2) is 18.5 Å². The minimum atomic E-state index is -4.31. The molecule has 2 saturated heterocycles. The summed E-state index contributed by atoms with van der Waals surface area (Å²) in [7, 11) is 0. The minimum Gasteiger partial charge on any atom is -0.367 e. The quantitative estimate of drug-likeness (QED) is 0.562. The molecule has 192 valence electrons. The van der Waals surface area contributed by atoms with E-state index in [1.165, 1.54) is 17.5 Å². The molecule has 0 aliphatic carbocycles. The van der Waals surface area contributed by atoms with Crippen LogP contribution in [0.25, 0.3) is 0 Å². The fourth-order valence-corrected chi connectivity index (χ4v) is 5.29. The summed E-state index contributed by atoms with van der Waals surface area (Å²) in [6, 6.07) is 0.979. The van der Waals surface area contributed by atoms with Crippen LogP contribution in [0.2, 0.25) is 0 Å². The third kappa shape index (κ3) is 7.07. The van der Waals surface area contributed by atoms with Gasteiger partial charge in [0.1, 0.15) is 23.1 Å². The average molecular weight is 520 g/mol. The van der Waals surface area contributed by atoms with Crippen molar-refractivity contribution in [2.45, 2.75) is 50.6 Å². The van der Waals surface area contributed by atoms with Gasteiger partial charge in [-0.2, -0.15) is 13.2 Å². The lowest BCUT2D eigenvalue weighted by Gasteiger charge is -2.42. The number of carbonyl (C=O) groups excluding carboxylic acids is 1. The molecule has 7 nitrogen and oxygen atoms in total. The number of anilines is 1. The lowest BCUT2D eigenvalue weighted by molar-refractivity contribution is -0.190. The zero-order valence-corrected chi connectivity index (χ0v) is 19.7. The van der Waals surface area contributed by atoms with Gasteiger partial charge in [-0.05, 0) is 32.2 Å². The molecule has 2 aliphatic rings. The van der Waals surface area contributed by atoms with Gasteiger partial charge in [0.05, 0.1) is 30.7 Å². The SMILES string of the molecule is O=C(NCc1ncc(F)cc1F)c1cnc(N2CCC(N3CCCC(OCC(F)(F)F)C3)CC2)s1. The molecule has 1 unspecified atom stereocenters. The number of carbonyl (C=O) groups is 1. The van der Waals surface area contributed by atoms with Gasteiger partial charge in [0, 0.05) is 31.7 Å². The summed E-state index contributed by atoms with van der Waals surface area (Å²) in [5.41, 5.74) is -0.0599. The van der Waals surface area contributed by atoms with Gasteiger partial charge in [-0.1, -0.05) is 11.3 Å². The number of nitrogens with one attached hydrogen (secondary N) is 1. The van der Waals surface area contributed by atoms with Gasteiger partial charge in [-0.3, -0.25) is 14.7 Å². The maximum Gasteiger partial charge on any atom is 0.411 e. The smallest absolute Gasteiger partial charge is 0.367 e. The van der Waals surface area contributed by atoms with Crippen LogP contribution in [-0.2, 0) is 11.3 Å². The largest absolute Gasteiger partial charge is 0.411 e. The van der Waals surface area contributed by atoms with E-state index in [2.05, 4.69) is 25.1 Å². The van der Waals surface area contributed by atoms with Crippen molar-refractivity contribution in [1.29, 1.82) is 0 Å². The van der Waals surface area contributed by atoms with Crippen LogP contribution in [0.3, 0.4) is 0 Å². The van der Waals surface area contributed by atoms with Crippen molar-refractivity contribution in [3.05, 3.63) is 40.7 Å². The number of nitrogens with zero attached hydrogens (tertiary/aromatic N) is 4. The van der Waals surface area contributed by atoms with E-state index in [1.54, 1.807) is 0 Å². The van der Waals surface area contributed by atoms with Crippen molar-refractivity contribution >= 4 is 22.4 Å². The summed E-state index contributed by atoms with van der Waals surface area (Å²) >= 11 is 1.22. The molecular weight excluding hydrogens is 493 g/mol. The number of ether oxygens (including phenoxy) is 1. The normalized spacial score (nSPS) is 20.3. The van der Waals surface area contributed by atoms with Gasteiger partial charge < -0.3 is 15.0 Å². The van der Waals surface area contributed by atoms with Crippen LogP contribution >= 0.6 is 11.3 Å². The molecule has 1 atom stereocenters. The van der Waals surface area contributed by atoms with Crippen molar-refractivity contribution < 1.29 is 31.5 Å². The van der Waals surface area contributed by atoms with E-state index in [-0.39, 0.29) is 18.3 Å². The van der Waals surface area contributed by atoms with E-state index in [0.29, 0.717) is 42.1 Å². The van der Waals surface area contributed by atoms with Gasteiger partial charge in [-0.25, -0.2) is 13.8 Å². The number of piperidine rings is 2. The maximum atomic E-state index is 13.7. The van der Waals surface area contributed by atoms with Crippen molar-refractivity contribution in [3.8, 4) is 0 Å². The third-order valence-electron chi connectivity index (χ3n) is 6.16. The van der Waals surface area contributed by atoms with Crippen LogP contribution in [0.1, 0.15) is 41.0 Å². The van der Waals surface area contributed by atoms with Crippen LogP contribution < -0.4 is 10.2 Å². The van der Waals surface area contributed by atoms with Crippen LogP contribution in [0, 0.1) is 11.6 Å². The molecule has 0 spiro atoms. The van der Waals surface area contributed by atoms with E-state index in [9.17, 15) is 26.7 Å². The molecule has 0 saturated carbocycles. The Morgan fingerprint density at radius 3 is 2.63 bits per heavy atom. The predicted molar refractivity (Wildman–Crippen MR) is 119 cm³/mol. The van der Waals surface area contributed by atoms with Gasteiger partial charge in [0.15, 0.2) is 5.13 Å². The fourth-order valence-electron chi connectivity index (χ4n) is 4.41. The Morgan fingerprint density at radius 1 is 1.14 bits per heavy atom. The summed E-state index contributed by atoms with van der Waals surface area (Å²) in [5, 5.41) is 3.26. The first-order chi connectivity index (χ1) is 16.7. The van der Waals surface area contributed by atoms with Gasteiger partial charge in [-0.15, -0.1) is 0 Å². The summed E-state index contributed by atoms with van der Waals surface area (Å²) in [5.74, 6) is -2.04. The summed E-state index contributed by atoms with van der Waals surface area (Å²) in [6.07, 6.45) is 0.754. The maximum absolute atomic E-state index is 13.7. The third-order valence-corrected chi connectivity index (χ3v) is 7.22. The van der Waals surface area contributed by atoms with Crippen molar-refractivity contribution in [1.82, 2.24) is 20.2 Å². The molecule has 0 aromatic carbocycles. The fraction of sp³-hybridized carbons (Fsp3) is 0.591. The topological polar surface area (TPSA) is 70.6 Å². The molecule has 13 heteroatoms. The first kappa shape index (κ1) is 25.7. The number of hydrogen-bond acceptors (Lipinski definition) is 7. The highest BCUT2D eigenvalue weighted by Crippen LogP contribution is 2.29. The van der Waals surface area contributed by atoms with Crippen molar-refractivity contribution in [3.63, 3.8) is 0 Å². The second-order valence-corrected chi connectivity index (χ2v) is 9.68. The first-order valence-corrected chi connectivity index (χ1v) is 12.2. The Kier molecular flexibility index (Phi) is 8.17. The molecular formula is C22H26F5N5O2S. The van der Waals surface area contributed by atoms with E-state index in [1.807, 2.05) is 0 Å². The number of amides is 1. The number of hydrogen-bond donors (Lipinski definition) is 1. The number of likely N-dealkylation sites (tertiary alicyclic amines) is 1.